The SMILES string of the molecule is CC[C@@H](C)c1ccccc1NC(=O)[C@H](C)OC(=O)c1cc(Cl)ccc1Cl. The molecule has 0 aliphatic heterocycles. The zero-order valence-corrected chi connectivity index (χ0v) is 16.4. The van der Waals surface area contributed by atoms with Crippen LogP contribution in [0, 0.1) is 0 Å². The Balaban J connectivity index is 2.09. The lowest BCUT2D eigenvalue weighted by atomic mass is 9.97. The van der Waals surface area contributed by atoms with E-state index in [9.17, 15) is 9.59 Å². The zero-order valence-electron chi connectivity index (χ0n) is 14.9. The van der Waals surface area contributed by atoms with Gasteiger partial charge in [-0.2, -0.15) is 0 Å². The number of amides is 1. The molecule has 6 heteroatoms. The number of para-hydroxylation sites is 1. The fraction of sp³-hybridized carbons (Fsp3) is 0.300. The predicted molar refractivity (Wildman–Crippen MR) is 105 cm³/mol. The van der Waals surface area contributed by atoms with Crippen molar-refractivity contribution in [1.82, 2.24) is 0 Å². The van der Waals surface area contributed by atoms with Gasteiger partial charge >= 0.3 is 5.97 Å². The van der Waals surface area contributed by atoms with E-state index in [1.807, 2.05) is 24.3 Å². The Morgan fingerprint density at radius 3 is 2.50 bits per heavy atom. The van der Waals surface area contributed by atoms with Crippen molar-refractivity contribution in [1.29, 1.82) is 0 Å². The van der Waals surface area contributed by atoms with Crippen molar-refractivity contribution in [2.75, 3.05) is 5.32 Å². The first-order chi connectivity index (χ1) is 12.3. The van der Waals surface area contributed by atoms with E-state index >= 15 is 0 Å². The van der Waals surface area contributed by atoms with Crippen LogP contribution in [0.3, 0.4) is 0 Å². The molecule has 0 aliphatic rings. The van der Waals surface area contributed by atoms with Crippen molar-refractivity contribution in [2.45, 2.75) is 39.2 Å². The number of anilines is 1. The van der Waals surface area contributed by atoms with Gasteiger partial charge in [-0.05, 0) is 49.1 Å². The summed E-state index contributed by atoms with van der Waals surface area (Å²) < 4.78 is 5.24. The average Bonchev–Trinajstić information content (AvgIpc) is 2.63. The normalized spacial score (nSPS) is 13.0. The Hall–Kier alpha value is -2.04. The van der Waals surface area contributed by atoms with E-state index in [1.165, 1.54) is 19.1 Å². The highest BCUT2D eigenvalue weighted by atomic mass is 35.5. The van der Waals surface area contributed by atoms with Gasteiger partial charge in [0.1, 0.15) is 0 Å². The number of carbonyl (C=O) groups excluding carboxylic acids is 2. The zero-order chi connectivity index (χ0) is 19.3. The second-order valence-electron chi connectivity index (χ2n) is 6.06. The van der Waals surface area contributed by atoms with Gasteiger partial charge in [-0.3, -0.25) is 4.79 Å². The molecule has 2 atom stereocenters. The van der Waals surface area contributed by atoms with E-state index in [2.05, 4.69) is 19.2 Å². The molecule has 1 N–H and O–H groups in total. The maximum atomic E-state index is 12.4. The maximum absolute atomic E-state index is 12.4. The van der Waals surface area contributed by atoms with Gasteiger partial charge in [-0.1, -0.05) is 55.2 Å². The van der Waals surface area contributed by atoms with Crippen LogP contribution in [0.25, 0.3) is 0 Å². The van der Waals surface area contributed by atoms with Crippen LogP contribution in [0.5, 0.6) is 0 Å². The van der Waals surface area contributed by atoms with Crippen LogP contribution in [-0.2, 0) is 9.53 Å². The average molecular weight is 394 g/mol. The molecule has 0 fully saturated rings. The van der Waals surface area contributed by atoms with Crippen LogP contribution in [-0.4, -0.2) is 18.0 Å². The molecule has 4 nitrogen and oxygen atoms in total. The molecule has 0 spiro atoms. The van der Waals surface area contributed by atoms with Gasteiger partial charge < -0.3 is 10.1 Å². The van der Waals surface area contributed by atoms with E-state index in [1.54, 1.807) is 6.07 Å². The third-order valence-corrected chi connectivity index (χ3v) is 4.73. The topological polar surface area (TPSA) is 55.4 Å². The number of hydrogen-bond acceptors (Lipinski definition) is 3. The van der Waals surface area contributed by atoms with Crippen molar-refractivity contribution >= 4 is 40.8 Å². The van der Waals surface area contributed by atoms with E-state index in [-0.39, 0.29) is 10.6 Å². The molecule has 0 saturated carbocycles. The fourth-order valence-corrected chi connectivity index (χ4v) is 2.79. The smallest absolute Gasteiger partial charge is 0.340 e. The highest BCUT2D eigenvalue weighted by Gasteiger charge is 2.22. The summed E-state index contributed by atoms with van der Waals surface area (Å²) in [5.41, 5.74) is 1.88. The minimum absolute atomic E-state index is 0.124. The van der Waals surface area contributed by atoms with Crippen LogP contribution in [0.4, 0.5) is 5.69 Å². The van der Waals surface area contributed by atoms with Crippen molar-refractivity contribution < 1.29 is 14.3 Å². The Bertz CT molecular complexity index is 807. The number of halogens is 2. The standard InChI is InChI=1S/C20H21Cl2NO3/c1-4-12(2)15-7-5-6-8-18(15)23-19(24)13(3)26-20(25)16-11-14(21)9-10-17(16)22/h5-13H,4H2,1-3H3,(H,23,24)/t12-,13+/m1/s1. The van der Waals surface area contributed by atoms with Gasteiger partial charge in [0, 0.05) is 10.7 Å². The molecule has 0 heterocycles. The largest absolute Gasteiger partial charge is 0.449 e. The number of benzene rings is 2. The lowest BCUT2D eigenvalue weighted by Crippen LogP contribution is -2.30. The number of ether oxygens (including phenoxy) is 1. The van der Waals surface area contributed by atoms with Gasteiger partial charge in [0.2, 0.25) is 0 Å². The predicted octanol–water partition coefficient (Wildman–Crippen LogP) is 5.69. The molecule has 0 aliphatic carbocycles. The first-order valence-corrected chi connectivity index (χ1v) is 9.14. The Labute approximate surface area is 163 Å². The number of hydrogen-bond donors (Lipinski definition) is 1. The Morgan fingerprint density at radius 2 is 1.81 bits per heavy atom. The number of rotatable bonds is 6. The van der Waals surface area contributed by atoms with Crippen LogP contribution < -0.4 is 5.32 Å². The van der Waals surface area contributed by atoms with Crippen LogP contribution >= 0.6 is 23.2 Å². The first-order valence-electron chi connectivity index (χ1n) is 8.39. The third kappa shape index (κ3) is 4.99. The molecular weight excluding hydrogens is 373 g/mol. The van der Waals surface area contributed by atoms with Crippen molar-refractivity contribution in [3.05, 3.63) is 63.6 Å². The molecule has 1 amide bonds. The molecule has 2 aromatic rings. The summed E-state index contributed by atoms with van der Waals surface area (Å²) in [6, 6.07) is 12.1. The summed E-state index contributed by atoms with van der Waals surface area (Å²) in [7, 11) is 0. The summed E-state index contributed by atoms with van der Waals surface area (Å²) in [6.45, 7) is 5.69. The minimum Gasteiger partial charge on any atom is -0.449 e. The molecule has 138 valence electrons. The highest BCUT2D eigenvalue weighted by molar-refractivity contribution is 6.35. The summed E-state index contributed by atoms with van der Waals surface area (Å²) in [6.07, 6.45) is -0.0347. The van der Waals surface area contributed by atoms with Gasteiger partial charge in [0.05, 0.1) is 10.6 Å². The summed E-state index contributed by atoms with van der Waals surface area (Å²) >= 11 is 11.9. The lowest BCUT2D eigenvalue weighted by molar-refractivity contribution is -0.123. The number of carbonyl (C=O) groups is 2. The van der Waals surface area contributed by atoms with Crippen LogP contribution in [0.15, 0.2) is 42.5 Å². The third-order valence-electron chi connectivity index (χ3n) is 4.16. The Morgan fingerprint density at radius 1 is 1.12 bits per heavy atom. The summed E-state index contributed by atoms with van der Waals surface area (Å²) in [5.74, 6) is -0.808. The molecule has 26 heavy (non-hydrogen) atoms. The van der Waals surface area contributed by atoms with Crippen LogP contribution in [0.2, 0.25) is 10.0 Å². The first kappa shape index (κ1) is 20.3. The maximum Gasteiger partial charge on any atom is 0.340 e. The molecular formula is C20H21Cl2NO3. The van der Waals surface area contributed by atoms with E-state index in [0.717, 1.165) is 17.7 Å². The molecule has 0 aromatic heterocycles. The quantitative estimate of drug-likeness (QED) is 0.641. The van der Waals surface area contributed by atoms with Gasteiger partial charge in [-0.25, -0.2) is 4.79 Å². The van der Waals surface area contributed by atoms with Gasteiger partial charge in [0.15, 0.2) is 6.10 Å². The monoisotopic (exact) mass is 393 g/mol. The fourth-order valence-electron chi connectivity index (χ4n) is 2.43. The molecule has 2 aromatic carbocycles. The molecule has 0 radical (unpaired) electrons. The summed E-state index contributed by atoms with van der Waals surface area (Å²) in [5, 5.41) is 3.41. The Kier molecular flexibility index (Phi) is 7.06. The van der Waals surface area contributed by atoms with Gasteiger partial charge in [0.25, 0.3) is 5.91 Å². The highest BCUT2D eigenvalue weighted by Crippen LogP contribution is 2.27. The van der Waals surface area contributed by atoms with Gasteiger partial charge in [-0.15, -0.1) is 0 Å². The molecule has 0 unspecified atom stereocenters. The van der Waals surface area contributed by atoms with Crippen molar-refractivity contribution in [3.8, 4) is 0 Å². The second-order valence-corrected chi connectivity index (χ2v) is 6.90. The second kappa shape index (κ2) is 9.06. The van der Waals surface area contributed by atoms with E-state index in [4.69, 9.17) is 27.9 Å². The number of nitrogens with one attached hydrogen (secondary N) is 1. The molecule has 2 rings (SSSR count). The minimum atomic E-state index is -0.984. The van der Waals surface area contributed by atoms with Crippen molar-refractivity contribution in [2.24, 2.45) is 0 Å². The van der Waals surface area contributed by atoms with Crippen molar-refractivity contribution in [3.63, 3.8) is 0 Å². The van der Waals surface area contributed by atoms with Crippen LogP contribution in [0.1, 0.15) is 49.0 Å². The lowest BCUT2D eigenvalue weighted by Gasteiger charge is -2.18. The molecule has 0 bridgehead atoms. The summed E-state index contributed by atoms with van der Waals surface area (Å²) in [4.78, 5) is 24.7. The number of esters is 1. The molecule has 0 saturated heterocycles. The van der Waals surface area contributed by atoms with E-state index < -0.39 is 18.0 Å². The van der Waals surface area contributed by atoms with E-state index in [0.29, 0.717) is 10.9 Å².